The summed E-state index contributed by atoms with van der Waals surface area (Å²) >= 11 is 0. The number of rotatable bonds is 2. The van der Waals surface area contributed by atoms with Crippen LogP contribution in [0.2, 0.25) is 0 Å². The van der Waals surface area contributed by atoms with E-state index in [0.717, 1.165) is 5.56 Å². The summed E-state index contributed by atoms with van der Waals surface area (Å²) in [6.45, 7) is 6.10. The van der Waals surface area contributed by atoms with Crippen LogP contribution in [0.15, 0.2) is 16.9 Å². The molecule has 1 atom stereocenters. The Balaban J connectivity index is 2.28. The Hall–Kier alpha value is -1.69. The van der Waals surface area contributed by atoms with Gasteiger partial charge in [0.05, 0.1) is 17.8 Å². The molecule has 6 heteroatoms. The van der Waals surface area contributed by atoms with E-state index in [-0.39, 0.29) is 11.5 Å². The Morgan fingerprint density at radius 2 is 2.12 bits per heavy atom. The van der Waals surface area contributed by atoms with E-state index in [2.05, 4.69) is 15.2 Å². The molecule has 0 aliphatic rings. The summed E-state index contributed by atoms with van der Waals surface area (Å²) in [4.78, 5) is 4.30. The third kappa shape index (κ3) is 2.36. The minimum atomic E-state index is -0.277. The normalized spacial score (nSPS) is 13.9. The Morgan fingerprint density at radius 3 is 2.65 bits per heavy atom. The Labute approximate surface area is 99.8 Å². The molecule has 2 N–H and O–H groups in total. The maximum absolute atomic E-state index is 6.05. The number of aryl methyl sites for hydroxylation is 1. The summed E-state index contributed by atoms with van der Waals surface area (Å²) in [7, 11) is 1.84. The molecule has 17 heavy (non-hydrogen) atoms. The molecule has 6 nitrogen and oxygen atoms in total. The third-order valence-electron chi connectivity index (χ3n) is 2.60. The minimum Gasteiger partial charge on any atom is -0.337 e. The third-order valence-corrected chi connectivity index (χ3v) is 2.60. The molecule has 0 aromatic carbocycles. The van der Waals surface area contributed by atoms with Gasteiger partial charge in [0, 0.05) is 13.2 Å². The van der Waals surface area contributed by atoms with Gasteiger partial charge in [0.2, 0.25) is 11.7 Å². The summed E-state index contributed by atoms with van der Waals surface area (Å²) < 4.78 is 6.88. The molecule has 0 aliphatic heterocycles. The van der Waals surface area contributed by atoms with E-state index in [1.165, 1.54) is 0 Å². The van der Waals surface area contributed by atoms with E-state index in [1.54, 1.807) is 10.9 Å². The average molecular weight is 235 g/mol. The highest BCUT2D eigenvalue weighted by Crippen LogP contribution is 2.30. The molecule has 0 unspecified atom stereocenters. The van der Waals surface area contributed by atoms with Crippen LogP contribution in [0.4, 0.5) is 0 Å². The molecule has 2 rings (SSSR count). The maximum atomic E-state index is 6.05. The van der Waals surface area contributed by atoms with Crippen molar-refractivity contribution in [3.05, 3.63) is 18.3 Å². The van der Waals surface area contributed by atoms with Crippen LogP contribution in [0.1, 0.15) is 32.7 Å². The van der Waals surface area contributed by atoms with Gasteiger partial charge in [-0.3, -0.25) is 4.68 Å². The molecule has 0 bridgehead atoms. The lowest BCUT2D eigenvalue weighted by Crippen LogP contribution is -2.26. The van der Waals surface area contributed by atoms with Crippen LogP contribution in [0.3, 0.4) is 0 Å². The number of nitrogens with two attached hydrogens (primary N) is 1. The molecule has 0 saturated heterocycles. The van der Waals surface area contributed by atoms with Gasteiger partial charge >= 0.3 is 0 Å². The first-order valence-electron chi connectivity index (χ1n) is 5.46. The molecule has 92 valence electrons. The highest BCUT2D eigenvalue weighted by molar-refractivity contribution is 5.51. The largest absolute Gasteiger partial charge is 0.337 e. The van der Waals surface area contributed by atoms with Crippen LogP contribution in [0, 0.1) is 5.41 Å². The lowest BCUT2D eigenvalue weighted by molar-refractivity contribution is 0.253. The van der Waals surface area contributed by atoms with Crippen molar-refractivity contribution < 1.29 is 4.52 Å². The van der Waals surface area contributed by atoms with Crippen LogP contribution in [-0.2, 0) is 7.05 Å². The maximum Gasteiger partial charge on any atom is 0.244 e. The SMILES string of the molecule is Cn1cc(-c2noc([C@H](N)C(C)(C)C)n2)cn1. The summed E-state index contributed by atoms with van der Waals surface area (Å²) in [6.07, 6.45) is 3.52. The molecule has 0 fully saturated rings. The van der Waals surface area contributed by atoms with Crippen molar-refractivity contribution in [1.82, 2.24) is 19.9 Å². The molecule has 0 saturated carbocycles. The van der Waals surface area contributed by atoms with Gasteiger partial charge in [-0.15, -0.1) is 0 Å². The van der Waals surface area contributed by atoms with Gasteiger partial charge in [0.15, 0.2) is 0 Å². The van der Waals surface area contributed by atoms with Gasteiger partial charge in [-0.05, 0) is 5.41 Å². The molecule has 0 aliphatic carbocycles. The number of aromatic nitrogens is 4. The van der Waals surface area contributed by atoms with Crippen LogP contribution in [0.25, 0.3) is 11.4 Å². The standard InChI is InChI=1S/C11H17N5O/c1-11(2,3)8(12)10-14-9(15-17-10)7-5-13-16(4)6-7/h5-6,8H,12H2,1-4H3/t8-/m0/s1. The van der Waals surface area contributed by atoms with Crippen LogP contribution >= 0.6 is 0 Å². The second-order valence-electron chi connectivity index (χ2n) is 5.20. The van der Waals surface area contributed by atoms with Crippen LogP contribution < -0.4 is 5.73 Å². The molecule has 2 aromatic rings. The van der Waals surface area contributed by atoms with E-state index in [0.29, 0.717) is 11.7 Å². The Kier molecular flexibility index (Phi) is 2.74. The average Bonchev–Trinajstić information content (AvgIpc) is 2.83. The van der Waals surface area contributed by atoms with E-state index in [4.69, 9.17) is 10.3 Å². The minimum absolute atomic E-state index is 0.112. The lowest BCUT2D eigenvalue weighted by Gasteiger charge is -2.23. The highest BCUT2D eigenvalue weighted by atomic mass is 16.5. The zero-order chi connectivity index (χ0) is 12.6. The quantitative estimate of drug-likeness (QED) is 0.853. The van der Waals surface area contributed by atoms with Crippen molar-refractivity contribution in [3.8, 4) is 11.4 Å². The molecule has 0 radical (unpaired) electrons. The van der Waals surface area contributed by atoms with Crippen molar-refractivity contribution >= 4 is 0 Å². The van der Waals surface area contributed by atoms with Gasteiger partial charge in [-0.2, -0.15) is 10.1 Å². The fourth-order valence-corrected chi connectivity index (χ4v) is 1.39. The van der Waals surface area contributed by atoms with Gasteiger partial charge in [0.25, 0.3) is 0 Å². The smallest absolute Gasteiger partial charge is 0.244 e. The van der Waals surface area contributed by atoms with E-state index >= 15 is 0 Å². The molecular weight excluding hydrogens is 218 g/mol. The van der Waals surface area contributed by atoms with Crippen molar-refractivity contribution in [2.75, 3.05) is 0 Å². The van der Waals surface area contributed by atoms with Gasteiger partial charge in [-0.1, -0.05) is 25.9 Å². The summed E-state index contributed by atoms with van der Waals surface area (Å²) in [6, 6.07) is -0.277. The number of nitrogens with zero attached hydrogens (tertiary/aromatic N) is 4. The molecule has 2 heterocycles. The number of hydrogen-bond donors (Lipinski definition) is 1. The molecule has 0 amide bonds. The van der Waals surface area contributed by atoms with E-state index in [1.807, 2.05) is 34.0 Å². The van der Waals surface area contributed by atoms with Crippen molar-refractivity contribution in [2.45, 2.75) is 26.8 Å². The van der Waals surface area contributed by atoms with Gasteiger partial charge in [0.1, 0.15) is 0 Å². The molecular formula is C11H17N5O. The first kappa shape index (κ1) is 11.8. The fraction of sp³-hybridized carbons (Fsp3) is 0.545. The van der Waals surface area contributed by atoms with Crippen LogP contribution in [-0.4, -0.2) is 19.9 Å². The predicted octanol–water partition coefficient (Wildman–Crippen LogP) is 1.52. The summed E-state index contributed by atoms with van der Waals surface area (Å²) in [5.41, 5.74) is 6.76. The zero-order valence-electron chi connectivity index (χ0n) is 10.5. The Morgan fingerprint density at radius 1 is 1.41 bits per heavy atom. The topological polar surface area (TPSA) is 82.8 Å². The Bertz CT molecular complexity index is 508. The van der Waals surface area contributed by atoms with Gasteiger partial charge in [-0.25, -0.2) is 0 Å². The lowest BCUT2D eigenvalue weighted by atomic mass is 9.87. The number of hydrogen-bond acceptors (Lipinski definition) is 5. The molecule has 0 spiro atoms. The van der Waals surface area contributed by atoms with Crippen LogP contribution in [0.5, 0.6) is 0 Å². The van der Waals surface area contributed by atoms with Crippen molar-refractivity contribution in [1.29, 1.82) is 0 Å². The van der Waals surface area contributed by atoms with Crippen molar-refractivity contribution in [2.24, 2.45) is 18.2 Å². The fourth-order valence-electron chi connectivity index (χ4n) is 1.39. The summed E-state index contributed by atoms with van der Waals surface area (Å²) in [5.74, 6) is 0.976. The summed E-state index contributed by atoms with van der Waals surface area (Å²) in [5, 5.41) is 7.97. The monoisotopic (exact) mass is 235 g/mol. The van der Waals surface area contributed by atoms with Crippen molar-refractivity contribution in [3.63, 3.8) is 0 Å². The van der Waals surface area contributed by atoms with E-state index in [9.17, 15) is 0 Å². The second kappa shape index (κ2) is 3.96. The zero-order valence-corrected chi connectivity index (χ0v) is 10.5. The highest BCUT2D eigenvalue weighted by Gasteiger charge is 2.27. The van der Waals surface area contributed by atoms with Gasteiger partial charge < -0.3 is 10.3 Å². The van der Waals surface area contributed by atoms with E-state index < -0.39 is 0 Å². The predicted molar refractivity (Wildman–Crippen MR) is 62.9 cm³/mol. The molecule has 2 aromatic heterocycles. The first-order valence-corrected chi connectivity index (χ1v) is 5.46. The second-order valence-corrected chi connectivity index (χ2v) is 5.20. The first-order chi connectivity index (χ1) is 7.88.